The molecule has 3 aromatic heterocycles. The molecule has 1 unspecified atom stereocenters. The summed E-state index contributed by atoms with van der Waals surface area (Å²) in [6.45, 7) is 1.01. The van der Waals surface area contributed by atoms with E-state index in [0.29, 0.717) is 36.9 Å². The molecule has 7 nitrogen and oxygen atoms in total. The van der Waals surface area contributed by atoms with E-state index in [1.807, 2.05) is 30.3 Å². The van der Waals surface area contributed by atoms with Crippen molar-refractivity contribution in [3.05, 3.63) is 54.4 Å². The third kappa shape index (κ3) is 2.73. The minimum atomic E-state index is -0.0950. The molecule has 116 valence electrons. The van der Waals surface area contributed by atoms with Crippen LogP contribution in [0.15, 0.2) is 51.7 Å². The maximum absolute atomic E-state index is 12.1. The maximum atomic E-state index is 12.1. The number of nitrogens with zero attached hydrogens (tertiary/aromatic N) is 4. The second-order valence-electron chi connectivity index (χ2n) is 5.43. The van der Waals surface area contributed by atoms with Gasteiger partial charge in [0.2, 0.25) is 17.6 Å². The Morgan fingerprint density at radius 1 is 1.26 bits per heavy atom. The minimum absolute atomic E-state index is 0.0592. The Labute approximate surface area is 131 Å². The number of amides is 1. The normalized spacial score (nSPS) is 17.8. The molecule has 0 aromatic carbocycles. The number of rotatable bonds is 4. The van der Waals surface area contributed by atoms with Gasteiger partial charge in [0, 0.05) is 19.2 Å². The molecule has 0 bridgehead atoms. The van der Waals surface area contributed by atoms with Gasteiger partial charge in [-0.15, -0.1) is 0 Å². The Hall–Kier alpha value is -2.96. The van der Waals surface area contributed by atoms with Crippen LogP contribution in [-0.4, -0.2) is 32.5 Å². The van der Waals surface area contributed by atoms with Crippen LogP contribution in [-0.2, 0) is 11.3 Å². The van der Waals surface area contributed by atoms with Gasteiger partial charge in [0.05, 0.1) is 18.7 Å². The van der Waals surface area contributed by atoms with E-state index in [-0.39, 0.29) is 11.8 Å². The van der Waals surface area contributed by atoms with Gasteiger partial charge in [0.25, 0.3) is 0 Å². The van der Waals surface area contributed by atoms with Gasteiger partial charge in [0.15, 0.2) is 0 Å². The Morgan fingerprint density at radius 2 is 2.22 bits per heavy atom. The van der Waals surface area contributed by atoms with Crippen molar-refractivity contribution >= 4 is 5.91 Å². The zero-order chi connectivity index (χ0) is 15.6. The zero-order valence-electron chi connectivity index (χ0n) is 12.3. The van der Waals surface area contributed by atoms with E-state index >= 15 is 0 Å². The van der Waals surface area contributed by atoms with Gasteiger partial charge < -0.3 is 13.8 Å². The quantitative estimate of drug-likeness (QED) is 0.734. The summed E-state index contributed by atoms with van der Waals surface area (Å²) in [6.07, 6.45) is 3.64. The summed E-state index contributed by atoms with van der Waals surface area (Å²) in [5.41, 5.74) is 0.652. The van der Waals surface area contributed by atoms with Crippen LogP contribution in [0.5, 0.6) is 0 Å². The Kier molecular flexibility index (Phi) is 3.38. The predicted octanol–water partition coefficient (Wildman–Crippen LogP) is 2.24. The maximum Gasteiger partial charge on any atom is 0.232 e. The summed E-state index contributed by atoms with van der Waals surface area (Å²) >= 11 is 0. The lowest BCUT2D eigenvalue weighted by Gasteiger charge is -2.13. The molecule has 0 spiro atoms. The van der Waals surface area contributed by atoms with Crippen molar-refractivity contribution in [2.45, 2.75) is 18.9 Å². The van der Waals surface area contributed by atoms with Crippen LogP contribution in [0.4, 0.5) is 0 Å². The van der Waals surface area contributed by atoms with Gasteiger partial charge in [-0.1, -0.05) is 11.2 Å². The molecule has 0 aliphatic carbocycles. The van der Waals surface area contributed by atoms with Crippen molar-refractivity contribution in [2.75, 3.05) is 6.54 Å². The molecule has 1 saturated heterocycles. The van der Waals surface area contributed by atoms with E-state index < -0.39 is 0 Å². The lowest BCUT2D eigenvalue weighted by molar-refractivity contribution is -0.128. The monoisotopic (exact) mass is 310 g/mol. The number of carbonyl (C=O) groups excluding carboxylic acids is 1. The molecule has 4 heterocycles. The van der Waals surface area contributed by atoms with Gasteiger partial charge in [-0.3, -0.25) is 9.78 Å². The third-order valence-corrected chi connectivity index (χ3v) is 3.83. The third-order valence-electron chi connectivity index (χ3n) is 3.83. The lowest BCUT2D eigenvalue weighted by Crippen LogP contribution is -2.24. The number of pyridine rings is 1. The number of hydrogen-bond acceptors (Lipinski definition) is 6. The molecule has 4 rings (SSSR count). The van der Waals surface area contributed by atoms with Crippen LogP contribution in [0.1, 0.15) is 24.0 Å². The Bertz CT molecular complexity index is 798. The van der Waals surface area contributed by atoms with E-state index in [4.69, 9.17) is 8.94 Å². The largest absolute Gasteiger partial charge is 0.467 e. The highest BCUT2D eigenvalue weighted by Gasteiger charge is 2.34. The van der Waals surface area contributed by atoms with Crippen LogP contribution in [0.25, 0.3) is 11.5 Å². The van der Waals surface area contributed by atoms with Gasteiger partial charge in [-0.25, -0.2) is 0 Å². The summed E-state index contributed by atoms with van der Waals surface area (Å²) in [6, 6.07) is 9.17. The average molecular weight is 310 g/mol. The topological polar surface area (TPSA) is 85.3 Å². The molecule has 1 atom stereocenters. The van der Waals surface area contributed by atoms with Gasteiger partial charge in [-0.2, -0.15) is 4.98 Å². The molecule has 0 radical (unpaired) electrons. The number of hydrogen-bond donors (Lipinski definition) is 0. The van der Waals surface area contributed by atoms with Crippen LogP contribution in [0, 0.1) is 0 Å². The van der Waals surface area contributed by atoms with Crippen molar-refractivity contribution in [3.63, 3.8) is 0 Å². The van der Waals surface area contributed by atoms with Crippen molar-refractivity contribution in [1.82, 2.24) is 20.0 Å². The zero-order valence-corrected chi connectivity index (χ0v) is 12.3. The fourth-order valence-electron chi connectivity index (χ4n) is 2.68. The van der Waals surface area contributed by atoms with Gasteiger partial charge >= 0.3 is 0 Å². The van der Waals surface area contributed by atoms with Crippen LogP contribution < -0.4 is 0 Å². The van der Waals surface area contributed by atoms with Crippen molar-refractivity contribution in [3.8, 4) is 11.5 Å². The molecule has 7 heteroatoms. The second-order valence-corrected chi connectivity index (χ2v) is 5.43. The number of aromatic nitrogens is 3. The van der Waals surface area contributed by atoms with Crippen molar-refractivity contribution in [2.24, 2.45) is 0 Å². The molecular weight excluding hydrogens is 296 g/mol. The van der Waals surface area contributed by atoms with E-state index in [2.05, 4.69) is 15.1 Å². The van der Waals surface area contributed by atoms with Crippen molar-refractivity contribution < 1.29 is 13.7 Å². The second kappa shape index (κ2) is 5.68. The number of likely N-dealkylation sites (tertiary alicyclic amines) is 1. The smallest absolute Gasteiger partial charge is 0.232 e. The summed E-state index contributed by atoms with van der Waals surface area (Å²) in [5, 5.41) is 3.96. The molecule has 1 aliphatic heterocycles. The molecule has 0 N–H and O–H groups in total. The van der Waals surface area contributed by atoms with Crippen LogP contribution in [0.2, 0.25) is 0 Å². The highest BCUT2D eigenvalue weighted by molar-refractivity contribution is 5.79. The molecule has 23 heavy (non-hydrogen) atoms. The fourth-order valence-corrected chi connectivity index (χ4v) is 2.68. The first kappa shape index (κ1) is 13.7. The van der Waals surface area contributed by atoms with Gasteiger partial charge in [0.1, 0.15) is 11.5 Å². The number of carbonyl (C=O) groups is 1. The van der Waals surface area contributed by atoms with Crippen LogP contribution in [0.3, 0.4) is 0 Å². The summed E-state index contributed by atoms with van der Waals surface area (Å²) in [7, 11) is 0. The van der Waals surface area contributed by atoms with E-state index in [1.54, 1.807) is 17.4 Å². The molecule has 0 saturated carbocycles. The van der Waals surface area contributed by atoms with E-state index in [1.165, 1.54) is 0 Å². The fraction of sp³-hybridized carbons (Fsp3) is 0.250. The first-order valence-electron chi connectivity index (χ1n) is 7.35. The molecule has 1 amide bonds. The number of furan rings is 1. The highest BCUT2D eigenvalue weighted by Crippen LogP contribution is 2.29. The van der Waals surface area contributed by atoms with E-state index in [9.17, 15) is 4.79 Å². The highest BCUT2D eigenvalue weighted by atomic mass is 16.5. The predicted molar refractivity (Wildman–Crippen MR) is 79.0 cm³/mol. The van der Waals surface area contributed by atoms with Gasteiger partial charge in [-0.05, 0) is 24.3 Å². The van der Waals surface area contributed by atoms with E-state index in [0.717, 1.165) is 5.76 Å². The Morgan fingerprint density at radius 3 is 3.00 bits per heavy atom. The molecular formula is C16H14N4O3. The van der Waals surface area contributed by atoms with Crippen molar-refractivity contribution in [1.29, 1.82) is 0 Å². The Balaban J connectivity index is 1.49. The average Bonchev–Trinajstić information content (AvgIpc) is 3.31. The van der Waals surface area contributed by atoms with Crippen LogP contribution >= 0.6 is 0 Å². The first-order chi connectivity index (χ1) is 11.3. The summed E-state index contributed by atoms with van der Waals surface area (Å²) < 4.78 is 10.6. The molecule has 3 aromatic rings. The molecule has 1 aliphatic rings. The SMILES string of the molecule is O=C1CC(c2nc(-c3ccccn3)no2)CN1Cc1ccco1. The first-order valence-corrected chi connectivity index (χ1v) is 7.35. The lowest BCUT2D eigenvalue weighted by atomic mass is 10.1. The summed E-state index contributed by atoms with van der Waals surface area (Å²) in [4.78, 5) is 22.5. The molecule has 1 fully saturated rings. The minimum Gasteiger partial charge on any atom is -0.467 e. The standard InChI is InChI=1S/C16H14N4O3/c21-14-8-11(9-20(14)10-12-4-3-7-22-12)16-18-15(19-23-16)13-5-1-2-6-17-13/h1-7,11H,8-10H2. The summed E-state index contributed by atoms with van der Waals surface area (Å²) in [5.74, 6) is 1.64.